The van der Waals surface area contributed by atoms with Gasteiger partial charge in [0.1, 0.15) is 5.69 Å². The molecule has 1 unspecified atom stereocenters. The molecule has 0 aliphatic carbocycles. The van der Waals surface area contributed by atoms with Crippen LogP contribution in [0.15, 0.2) is 35.7 Å². The molecule has 0 radical (unpaired) electrons. The number of amides is 1. The standard InChI is InChI=1S/C18H24N4O2S/c19-7-6-17-21-16(13-25-17)18(23)20-10-15-12-22(8-9-24-15)11-14-4-2-1-3-5-14/h1-5,13,15H,6-12,19H2,(H,20,23). The summed E-state index contributed by atoms with van der Waals surface area (Å²) >= 11 is 1.47. The lowest BCUT2D eigenvalue weighted by atomic mass is 10.2. The smallest absolute Gasteiger partial charge is 0.270 e. The average Bonchev–Trinajstić information content (AvgIpc) is 3.10. The summed E-state index contributed by atoms with van der Waals surface area (Å²) in [5.41, 5.74) is 7.27. The molecule has 2 heterocycles. The SMILES string of the molecule is NCCc1nc(C(=O)NCC2CN(Cc3ccccc3)CCO2)cs1. The third-order valence-electron chi connectivity index (χ3n) is 4.10. The second kappa shape index (κ2) is 9.05. The van der Waals surface area contributed by atoms with Crippen molar-refractivity contribution in [1.82, 2.24) is 15.2 Å². The number of rotatable bonds is 7. The Labute approximate surface area is 152 Å². The first-order valence-corrected chi connectivity index (χ1v) is 9.43. The van der Waals surface area contributed by atoms with Crippen molar-refractivity contribution in [2.75, 3.05) is 32.8 Å². The van der Waals surface area contributed by atoms with Crippen molar-refractivity contribution >= 4 is 17.2 Å². The molecule has 0 spiro atoms. The van der Waals surface area contributed by atoms with E-state index < -0.39 is 0 Å². The highest BCUT2D eigenvalue weighted by molar-refractivity contribution is 7.09. The number of nitrogens with zero attached hydrogens (tertiary/aromatic N) is 2. The van der Waals surface area contributed by atoms with Crippen molar-refractivity contribution in [2.45, 2.75) is 19.1 Å². The Hall–Kier alpha value is -1.80. The molecule has 1 aromatic carbocycles. The number of nitrogens with one attached hydrogen (secondary N) is 1. The Morgan fingerprint density at radius 1 is 1.40 bits per heavy atom. The van der Waals surface area contributed by atoms with Crippen molar-refractivity contribution in [1.29, 1.82) is 0 Å². The van der Waals surface area contributed by atoms with Crippen molar-refractivity contribution in [3.05, 3.63) is 52.0 Å². The van der Waals surface area contributed by atoms with E-state index in [0.717, 1.165) is 24.6 Å². The molecule has 1 amide bonds. The molecular formula is C18H24N4O2S. The number of thiazole rings is 1. The van der Waals surface area contributed by atoms with Crippen LogP contribution in [0.3, 0.4) is 0 Å². The monoisotopic (exact) mass is 360 g/mol. The number of aromatic nitrogens is 1. The van der Waals surface area contributed by atoms with Crippen LogP contribution in [-0.2, 0) is 17.7 Å². The Morgan fingerprint density at radius 2 is 2.24 bits per heavy atom. The van der Waals surface area contributed by atoms with Crippen LogP contribution in [-0.4, -0.2) is 54.7 Å². The van der Waals surface area contributed by atoms with Crippen LogP contribution in [0.5, 0.6) is 0 Å². The summed E-state index contributed by atoms with van der Waals surface area (Å²) in [6.07, 6.45) is 0.710. The minimum Gasteiger partial charge on any atom is -0.374 e. The van der Waals surface area contributed by atoms with Crippen molar-refractivity contribution in [3.63, 3.8) is 0 Å². The van der Waals surface area contributed by atoms with Crippen LogP contribution in [0.2, 0.25) is 0 Å². The Morgan fingerprint density at radius 3 is 3.04 bits per heavy atom. The van der Waals surface area contributed by atoms with Crippen molar-refractivity contribution < 1.29 is 9.53 Å². The van der Waals surface area contributed by atoms with Crippen LogP contribution in [0.1, 0.15) is 21.1 Å². The Kier molecular flexibility index (Phi) is 6.52. The molecule has 0 bridgehead atoms. The van der Waals surface area contributed by atoms with Gasteiger partial charge in [0.15, 0.2) is 0 Å². The largest absolute Gasteiger partial charge is 0.374 e. The molecule has 1 fully saturated rings. The van der Waals surface area contributed by atoms with E-state index in [1.54, 1.807) is 5.38 Å². The van der Waals surface area contributed by atoms with Crippen LogP contribution < -0.4 is 11.1 Å². The van der Waals surface area contributed by atoms with E-state index in [9.17, 15) is 4.79 Å². The van der Waals surface area contributed by atoms with Gasteiger partial charge in [-0.15, -0.1) is 11.3 Å². The van der Waals surface area contributed by atoms with E-state index in [1.807, 2.05) is 6.07 Å². The maximum absolute atomic E-state index is 12.2. The molecule has 3 N–H and O–H groups in total. The zero-order chi connectivity index (χ0) is 17.5. The lowest BCUT2D eigenvalue weighted by molar-refractivity contribution is -0.0292. The molecule has 1 atom stereocenters. The number of nitrogens with two attached hydrogens (primary N) is 1. The predicted octanol–water partition coefficient (Wildman–Crippen LogP) is 1.28. The van der Waals surface area contributed by atoms with E-state index in [-0.39, 0.29) is 12.0 Å². The van der Waals surface area contributed by atoms with Crippen LogP contribution >= 0.6 is 11.3 Å². The highest BCUT2D eigenvalue weighted by Gasteiger charge is 2.21. The summed E-state index contributed by atoms with van der Waals surface area (Å²) < 4.78 is 5.79. The van der Waals surface area contributed by atoms with Crippen LogP contribution in [0, 0.1) is 0 Å². The van der Waals surface area contributed by atoms with Gasteiger partial charge in [-0.05, 0) is 12.1 Å². The zero-order valence-corrected chi connectivity index (χ0v) is 15.0. The first kappa shape index (κ1) is 18.0. The quantitative estimate of drug-likeness (QED) is 0.777. The van der Waals surface area contributed by atoms with Gasteiger partial charge in [0, 0.05) is 38.0 Å². The molecular weight excluding hydrogens is 336 g/mol. The second-order valence-corrected chi connectivity index (χ2v) is 7.03. The fourth-order valence-corrected chi connectivity index (χ4v) is 3.63. The highest BCUT2D eigenvalue weighted by Crippen LogP contribution is 2.12. The van der Waals surface area contributed by atoms with Gasteiger partial charge in [-0.3, -0.25) is 9.69 Å². The van der Waals surface area contributed by atoms with Crippen LogP contribution in [0.4, 0.5) is 0 Å². The third kappa shape index (κ3) is 5.34. The van der Waals surface area contributed by atoms with Gasteiger partial charge in [-0.2, -0.15) is 0 Å². The van der Waals surface area contributed by atoms with Crippen molar-refractivity contribution in [3.8, 4) is 0 Å². The van der Waals surface area contributed by atoms with Gasteiger partial charge in [-0.1, -0.05) is 30.3 Å². The van der Waals surface area contributed by atoms with Gasteiger partial charge in [-0.25, -0.2) is 4.98 Å². The van der Waals surface area contributed by atoms with Gasteiger partial charge in [0.25, 0.3) is 5.91 Å². The number of ether oxygens (including phenoxy) is 1. The molecule has 134 valence electrons. The molecule has 1 aromatic heterocycles. The summed E-state index contributed by atoms with van der Waals surface area (Å²) in [4.78, 5) is 18.9. The molecule has 25 heavy (non-hydrogen) atoms. The fourth-order valence-electron chi connectivity index (χ4n) is 2.84. The summed E-state index contributed by atoms with van der Waals surface area (Å²) in [6, 6.07) is 10.4. The number of carbonyl (C=O) groups is 1. The summed E-state index contributed by atoms with van der Waals surface area (Å²) in [5.74, 6) is -0.150. The van der Waals surface area contributed by atoms with E-state index in [2.05, 4.69) is 39.5 Å². The number of benzene rings is 1. The molecule has 6 nitrogen and oxygen atoms in total. The molecule has 1 saturated heterocycles. The van der Waals surface area contributed by atoms with E-state index >= 15 is 0 Å². The predicted molar refractivity (Wildman–Crippen MR) is 98.7 cm³/mol. The molecule has 0 saturated carbocycles. The highest BCUT2D eigenvalue weighted by atomic mass is 32.1. The van der Waals surface area contributed by atoms with Gasteiger partial charge in [0.2, 0.25) is 0 Å². The first-order valence-electron chi connectivity index (χ1n) is 8.55. The Balaban J connectivity index is 1.46. The van der Waals surface area contributed by atoms with E-state index in [4.69, 9.17) is 10.5 Å². The summed E-state index contributed by atoms with van der Waals surface area (Å²) in [5, 5.41) is 5.61. The lowest BCUT2D eigenvalue weighted by Crippen LogP contribution is -2.47. The number of morpholine rings is 1. The van der Waals surface area contributed by atoms with E-state index in [1.165, 1.54) is 16.9 Å². The van der Waals surface area contributed by atoms with Crippen molar-refractivity contribution in [2.24, 2.45) is 5.73 Å². The van der Waals surface area contributed by atoms with Gasteiger partial charge < -0.3 is 15.8 Å². The Bertz CT molecular complexity index is 677. The molecule has 7 heteroatoms. The number of hydrogen-bond acceptors (Lipinski definition) is 6. The van der Waals surface area contributed by atoms with E-state index in [0.29, 0.717) is 31.8 Å². The maximum Gasteiger partial charge on any atom is 0.270 e. The minimum absolute atomic E-state index is 0.00330. The molecule has 2 aromatic rings. The molecule has 3 rings (SSSR count). The fraction of sp³-hybridized carbons (Fsp3) is 0.444. The third-order valence-corrected chi connectivity index (χ3v) is 5.01. The summed E-state index contributed by atoms with van der Waals surface area (Å²) in [6.45, 7) is 4.35. The lowest BCUT2D eigenvalue weighted by Gasteiger charge is -2.33. The maximum atomic E-state index is 12.2. The second-order valence-electron chi connectivity index (χ2n) is 6.09. The van der Waals surface area contributed by atoms with Gasteiger partial charge in [0.05, 0.1) is 17.7 Å². The first-order chi connectivity index (χ1) is 12.2. The average molecular weight is 360 g/mol. The van der Waals surface area contributed by atoms with Crippen LogP contribution in [0.25, 0.3) is 0 Å². The normalized spacial score (nSPS) is 18.2. The van der Waals surface area contributed by atoms with Gasteiger partial charge >= 0.3 is 0 Å². The topological polar surface area (TPSA) is 80.5 Å². The number of hydrogen-bond donors (Lipinski definition) is 2. The summed E-state index contributed by atoms with van der Waals surface area (Å²) in [7, 11) is 0. The molecule has 1 aliphatic rings. The number of carbonyl (C=O) groups excluding carboxylic acids is 1. The molecule has 1 aliphatic heterocycles. The zero-order valence-electron chi connectivity index (χ0n) is 14.2. The minimum atomic E-state index is -0.150.